The standard InChI is InChI=1S/C5H7N3O2/c1-4(5(9)10)8-3-6-2-7-8/h2-4H,1H3,(H,9,10)/t4-/m0/s1. The molecular weight excluding hydrogens is 134 g/mol. The third-order valence-electron chi connectivity index (χ3n) is 1.19. The molecule has 0 fully saturated rings. The van der Waals surface area contributed by atoms with Crippen LogP contribution in [-0.2, 0) is 4.79 Å². The summed E-state index contributed by atoms with van der Waals surface area (Å²) >= 11 is 0. The van der Waals surface area contributed by atoms with Crippen molar-refractivity contribution in [2.24, 2.45) is 0 Å². The number of hydrogen-bond acceptors (Lipinski definition) is 3. The quantitative estimate of drug-likeness (QED) is 0.625. The predicted octanol–water partition coefficient (Wildman–Crippen LogP) is -0.0763. The van der Waals surface area contributed by atoms with Gasteiger partial charge in [-0.25, -0.2) is 14.5 Å². The van der Waals surface area contributed by atoms with Crippen LogP contribution in [0.1, 0.15) is 13.0 Å². The maximum Gasteiger partial charge on any atom is 0.328 e. The molecule has 0 saturated heterocycles. The Morgan fingerprint density at radius 2 is 2.50 bits per heavy atom. The van der Waals surface area contributed by atoms with Crippen LogP contribution in [0.4, 0.5) is 0 Å². The Morgan fingerprint density at radius 3 is 2.90 bits per heavy atom. The van der Waals surface area contributed by atoms with E-state index in [0.717, 1.165) is 0 Å². The van der Waals surface area contributed by atoms with Gasteiger partial charge < -0.3 is 5.11 Å². The summed E-state index contributed by atoms with van der Waals surface area (Å²) in [6.45, 7) is 1.54. The normalized spacial score (nSPS) is 12.9. The third kappa shape index (κ3) is 1.12. The van der Waals surface area contributed by atoms with Gasteiger partial charge in [0.05, 0.1) is 0 Å². The van der Waals surface area contributed by atoms with E-state index < -0.39 is 12.0 Å². The summed E-state index contributed by atoms with van der Waals surface area (Å²) in [5.41, 5.74) is 0. The van der Waals surface area contributed by atoms with Crippen molar-refractivity contribution in [2.75, 3.05) is 0 Å². The summed E-state index contributed by atoms with van der Waals surface area (Å²) in [5.74, 6) is -0.912. The Hall–Kier alpha value is -1.39. The van der Waals surface area contributed by atoms with E-state index in [9.17, 15) is 4.79 Å². The molecule has 1 rings (SSSR count). The van der Waals surface area contributed by atoms with Gasteiger partial charge in [-0.3, -0.25) is 0 Å². The molecule has 1 aromatic rings. The molecule has 54 valence electrons. The second kappa shape index (κ2) is 2.47. The fourth-order valence-electron chi connectivity index (χ4n) is 0.531. The number of nitrogens with zero attached hydrogens (tertiary/aromatic N) is 3. The zero-order chi connectivity index (χ0) is 7.56. The lowest BCUT2D eigenvalue weighted by molar-refractivity contribution is -0.140. The number of carbonyl (C=O) groups is 1. The van der Waals surface area contributed by atoms with E-state index in [-0.39, 0.29) is 0 Å². The number of aromatic nitrogens is 3. The Kier molecular flexibility index (Phi) is 1.66. The lowest BCUT2D eigenvalue weighted by atomic mass is 10.4. The van der Waals surface area contributed by atoms with E-state index >= 15 is 0 Å². The summed E-state index contributed by atoms with van der Waals surface area (Å²) in [4.78, 5) is 13.9. The van der Waals surface area contributed by atoms with Crippen molar-refractivity contribution in [3.63, 3.8) is 0 Å². The second-order valence-corrected chi connectivity index (χ2v) is 1.89. The smallest absolute Gasteiger partial charge is 0.328 e. The zero-order valence-electron chi connectivity index (χ0n) is 5.43. The van der Waals surface area contributed by atoms with Gasteiger partial charge >= 0.3 is 5.97 Å². The molecule has 1 N–H and O–H groups in total. The first-order valence-corrected chi connectivity index (χ1v) is 2.78. The highest BCUT2D eigenvalue weighted by molar-refractivity contribution is 5.71. The maximum absolute atomic E-state index is 10.3. The van der Waals surface area contributed by atoms with Gasteiger partial charge in [-0.1, -0.05) is 0 Å². The highest BCUT2D eigenvalue weighted by Gasteiger charge is 2.12. The molecule has 5 heteroatoms. The van der Waals surface area contributed by atoms with Crippen molar-refractivity contribution in [3.8, 4) is 0 Å². The van der Waals surface area contributed by atoms with E-state index in [2.05, 4.69) is 10.1 Å². The Labute approximate surface area is 57.3 Å². The second-order valence-electron chi connectivity index (χ2n) is 1.89. The van der Waals surface area contributed by atoms with Crippen molar-refractivity contribution in [2.45, 2.75) is 13.0 Å². The van der Waals surface area contributed by atoms with Gasteiger partial charge in [0, 0.05) is 0 Å². The van der Waals surface area contributed by atoms with Gasteiger partial charge in [0.25, 0.3) is 0 Å². The molecule has 0 aliphatic carbocycles. The molecule has 0 saturated carbocycles. The molecule has 0 bridgehead atoms. The number of aliphatic carboxylic acids is 1. The summed E-state index contributed by atoms with van der Waals surface area (Å²) in [6.07, 6.45) is 2.68. The first-order chi connectivity index (χ1) is 4.72. The molecular formula is C5H7N3O2. The number of carboxylic acid groups (broad SMARTS) is 1. The molecule has 5 nitrogen and oxygen atoms in total. The highest BCUT2D eigenvalue weighted by Crippen LogP contribution is 1.99. The SMILES string of the molecule is C[C@@H](C(=O)O)n1cncn1. The molecule has 0 radical (unpaired) electrons. The van der Waals surface area contributed by atoms with Crippen LogP contribution in [0.15, 0.2) is 12.7 Å². The lowest BCUT2D eigenvalue weighted by Crippen LogP contribution is -2.15. The first kappa shape index (κ1) is 6.73. The molecule has 0 aliphatic heterocycles. The predicted molar refractivity (Wildman–Crippen MR) is 32.4 cm³/mol. The van der Waals surface area contributed by atoms with Crippen LogP contribution in [0.25, 0.3) is 0 Å². The summed E-state index contributed by atoms with van der Waals surface area (Å²) in [7, 11) is 0. The largest absolute Gasteiger partial charge is 0.480 e. The fourth-order valence-corrected chi connectivity index (χ4v) is 0.531. The van der Waals surface area contributed by atoms with Gasteiger partial charge in [-0.2, -0.15) is 5.10 Å². The lowest BCUT2D eigenvalue weighted by Gasteiger charge is -2.03. The minimum atomic E-state index is -0.912. The highest BCUT2D eigenvalue weighted by atomic mass is 16.4. The zero-order valence-corrected chi connectivity index (χ0v) is 5.43. The van der Waals surface area contributed by atoms with Crippen LogP contribution in [-0.4, -0.2) is 25.8 Å². The van der Waals surface area contributed by atoms with Crippen molar-refractivity contribution in [1.82, 2.24) is 14.8 Å². The summed E-state index contributed by atoms with van der Waals surface area (Å²) < 4.78 is 1.28. The average molecular weight is 141 g/mol. The molecule has 0 aliphatic rings. The Bertz CT molecular complexity index is 219. The van der Waals surface area contributed by atoms with Crippen LogP contribution < -0.4 is 0 Å². The molecule has 1 atom stereocenters. The van der Waals surface area contributed by atoms with Crippen molar-refractivity contribution in [3.05, 3.63) is 12.7 Å². The van der Waals surface area contributed by atoms with Crippen LogP contribution >= 0.6 is 0 Å². The van der Waals surface area contributed by atoms with Crippen molar-refractivity contribution in [1.29, 1.82) is 0 Å². The topological polar surface area (TPSA) is 68.0 Å². The summed E-state index contributed by atoms with van der Waals surface area (Å²) in [6, 6.07) is -0.637. The van der Waals surface area contributed by atoms with E-state index in [1.165, 1.54) is 24.3 Å². The molecule has 10 heavy (non-hydrogen) atoms. The average Bonchev–Trinajstić information content (AvgIpc) is 2.36. The van der Waals surface area contributed by atoms with Crippen LogP contribution in [0, 0.1) is 0 Å². The van der Waals surface area contributed by atoms with Gasteiger partial charge in [-0.15, -0.1) is 0 Å². The fraction of sp³-hybridized carbons (Fsp3) is 0.400. The van der Waals surface area contributed by atoms with E-state index in [1.54, 1.807) is 0 Å². The third-order valence-corrected chi connectivity index (χ3v) is 1.19. The van der Waals surface area contributed by atoms with Gasteiger partial charge in [0.1, 0.15) is 18.7 Å². The molecule has 0 aromatic carbocycles. The van der Waals surface area contributed by atoms with Crippen LogP contribution in [0.5, 0.6) is 0 Å². The van der Waals surface area contributed by atoms with Gasteiger partial charge in [0.15, 0.2) is 0 Å². The number of hydrogen-bond donors (Lipinski definition) is 1. The maximum atomic E-state index is 10.3. The molecule has 0 spiro atoms. The van der Waals surface area contributed by atoms with E-state index in [4.69, 9.17) is 5.11 Å². The van der Waals surface area contributed by atoms with Gasteiger partial charge in [0.2, 0.25) is 0 Å². The molecule has 0 amide bonds. The Morgan fingerprint density at radius 1 is 1.80 bits per heavy atom. The monoisotopic (exact) mass is 141 g/mol. The van der Waals surface area contributed by atoms with Gasteiger partial charge in [-0.05, 0) is 6.92 Å². The van der Waals surface area contributed by atoms with Crippen molar-refractivity contribution >= 4 is 5.97 Å². The Balaban J connectivity index is 2.77. The molecule has 1 aromatic heterocycles. The molecule has 1 heterocycles. The van der Waals surface area contributed by atoms with E-state index in [1.807, 2.05) is 0 Å². The summed E-state index contributed by atoms with van der Waals surface area (Å²) in [5, 5.41) is 12.1. The minimum absolute atomic E-state index is 0.637. The van der Waals surface area contributed by atoms with E-state index in [0.29, 0.717) is 0 Å². The van der Waals surface area contributed by atoms with Crippen LogP contribution in [0.2, 0.25) is 0 Å². The minimum Gasteiger partial charge on any atom is -0.480 e. The number of carboxylic acids is 1. The number of rotatable bonds is 2. The van der Waals surface area contributed by atoms with Crippen molar-refractivity contribution < 1.29 is 9.90 Å². The van der Waals surface area contributed by atoms with Crippen LogP contribution in [0.3, 0.4) is 0 Å². The first-order valence-electron chi connectivity index (χ1n) is 2.78. The molecule has 0 unspecified atom stereocenters.